The number of hydrogen-bond donors (Lipinski definition) is 2. The zero-order valence-corrected chi connectivity index (χ0v) is 16.2. The number of nitrogens with zero attached hydrogens (tertiary/aromatic N) is 3. The first-order chi connectivity index (χ1) is 13.4. The van der Waals surface area contributed by atoms with Gasteiger partial charge in [-0.15, -0.1) is 0 Å². The smallest absolute Gasteiger partial charge is 0.221 e. The van der Waals surface area contributed by atoms with Gasteiger partial charge < -0.3 is 15.5 Å². The van der Waals surface area contributed by atoms with Gasteiger partial charge in [-0.3, -0.25) is 0 Å². The lowest BCUT2D eigenvalue weighted by atomic mass is 9.77. The fourth-order valence-electron chi connectivity index (χ4n) is 3.30. The molecule has 1 fully saturated rings. The van der Waals surface area contributed by atoms with Gasteiger partial charge >= 0.3 is 0 Å². The van der Waals surface area contributed by atoms with Crippen LogP contribution in [0, 0.1) is 0 Å². The monoisotopic (exact) mass is 399 g/mol. The van der Waals surface area contributed by atoms with Gasteiger partial charge in [-0.05, 0) is 42.0 Å². The van der Waals surface area contributed by atoms with Crippen molar-refractivity contribution in [3.63, 3.8) is 0 Å². The van der Waals surface area contributed by atoms with Crippen LogP contribution in [0.2, 0.25) is 0 Å². The number of anilines is 2. The summed E-state index contributed by atoms with van der Waals surface area (Å²) in [6.07, 6.45) is 9.04. The van der Waals surface area contributed by atoms with E-state index in [4.69, 9.17) is 10.2 Å². The van der Waals surface area contributed by atoms with Crippen LogP contribution in [0.4, 0.5) is 11.8 Å². The molecule has 0 aliphatic heterocycles. The number of oxazole rings is 1. The van der Waals surface area contributed by atoms with Crippen molar-refractivity contribution in [2.45, 2.75) is 36.6 Å². The number of sulfone groups is 1. The van der Waals surface area contributed by atoms with Crippen molar-refractivity contribution in [3.8, 4) is 11.1 Å². The summed E-state index contributed by atoms with van der Waals surface area (Å²) in [6, 6.07) is 5.25. The minimum atomic E-state index is -3.28. The molecule has 8 nitrogen and oxygen atoms in total. The van der Waals surface area contributed by atoms with Crippen molar-refractivity contribution >= 4 is 21.6 Å². The number of benzene rings is 1. The van der Waals surface area contributed by atoms with Gasteiger partial charge in [-0.1, -0.05) is 12.5 Å². The van der Waals surface area contributed by atoms with E-state index in [2.05, 4.69) is 20.3 Å². The van der Waals surface area contributed by atoms with E-state index in [-0.39, 0.29) is 5.95 Å². The van der Waals surface area contributed by atoms with Crippen LogP contribution < -0.4 is 11.1 Å². The Bertz CT molecular complexity index is 1090. The summed E-state index contributed by atoms with van der Waals surface area (Å²) in [7, 11) is -3.28. The predicted molar refractivity (Wildman–Crippen MR) is 105 cm³/mol. The summed E-state index contributed by atoms with van der Waals surface area (Å²) in [4.78, 5) is 12.9. The van der Waals surface area contributed by atoms with Crippen LogP contribution in [0.5, 0.6) is 0 Å². The highest BCUT2D eigenvalue weighted by Gasteiger charge is 2.25. The highest BCUT2D eigenvalue weighted by molar-refractivity contribution is 7.90. The maximum absolute atomic E-state index is 12.0. The van der Waals surface area contributed by atoms with Gasteiger partial charge in [0.1, 0.15) is 12.1 Å². The summed E-state index contributed by atoms with van der Waals surface area (Å²) in [5.41, 5.74) is 9.23. The van der Waals surface area contributed by atoms with E-state index in [1.54, 1.807) is 24.6 Å². The summed E-state index contributed by atoms with van der Waals surface area (Å²) < 4.78 is 29.1. The molecule has 3 aromatic rings. The number of hydrogen-bond acceptors (Lipinski definition) is 8. The van der Waals surface area contributed by atoms with E-state index in [1.165, 1.54) is 12.6 Å². The van der Waals surface area contributed by atoms with Crippen LogP contribution in [0.3, 0.4) is 0 Å². The minimum Gasteiger partial charge on any atom is -0.451 e. The number of nitrogens with one attached hydrogen (secondary N) is 1. The van der Waals surface area contributed by atoms with Crippen LogP contribution in [0.1, 0.15) is 36.4 Å². The van der Waals surface area contributed by atoms with Crippen LogP contribution in [-0.4, -0.2) is 29.6 Å². The van der Waals surface area contributed by atoms with Crippen molar-refractivity contribution in [3.05, 3.63) is 48.3 Å². The third-order valence-corrected chi connectivity index (χ3v) is 6.12. The lowest BCUT2D eigenvalue weighted by Crippen LogP contribution is -2.13. The molecule has 0 saturated heterocycles. The van der Waals surface area contributed by atoms with E-state index in [9.17, 15) is 8.42 Å². The molecule has 1 saturated carbocycles. The average Bonchev–Trinajstić information content (AvgIpc) is 3.12. The molecule has 1 aromatic carbocycles. The topological polar surface area (TPSA) is 124 Å². The molecule has 146 valence electrons. The molecule has 2 aromatic heterocycles. The normalized spacial score (nSPS) is 14.6. The second-order valence-electron chi connectivity index (χ2n) is 6.97. The SMILES string of the molecule is CS(=O)(=O)c1ccc(-c2cnc(N)nc2NCc2cocn2)c(C2CCC2)c1. The van der Waals surface area contributed by atoms with Crippen molar-refractivity contribution in [1.82, 2.24) is 15.0 Å². The number of nitrogen functional groups attached to an aromatic ring is 1. The molecule has 0 radical (unpaired) electrons. The van der Waals surface area contributed by atoms with E-state index in [0.717, 1.165) is 41.6 Å². The zero-order valence-electron chi connectivity index (χ0n) is 15.4. The third kappa shape index (κ3) is 3.70. The largest absolute Gasteiger partial charge is 0.451 e. The second kappa shape index (κ2) is 7.23. The summed E-state index contributed by atoms with van der Waals surface area (Å²) >= 11 is 0. The molecule has 3 N–H and O–H groups in total. The average molecular weight is 399 g/mol. The summed E-state index contributed by atoms with van der Waals surface area (Å²) in [5, 5.41) is 3.23. The van der Waals surface area contributed by atoms with E-state index < -0.39 is 9.84 Å². The molecule has 2 heterocycles. The number of rotatable bonds is 6. The Labute approximate surface area is 163 Å². The predicted octanol–water partition coefficient (Wildman–Crippen LogP) is 3.00. The quantitative estimate of drug-likeness (QED) is 0.648. The highest BCUT2D eigenvalue weighted by atomic mass is 32.2. The van der Waals surface area contributed by atoms with Crippen molar-refractivity contribution in [2.24, 2.45) is 0 Å². The van der Waals surface area contributed by atoms with Gasteiger partial charge in [0, 0.05) is 18.0 Å². The Kier molecular flexibility index (Phi) is 4.76. The van der Waals surface area contributed by atoms with Crippen molar-refractivity contribution in [2.75, 3.05) is 17.3 Å². The van der Waals surface area contributed by atoms with Gasteiger partial charge in [0.15, 0.2) is 16.2 Å². The molecule has 28 heavy (non-hydrogen) atoms. The Hall–Kier alpha value is -2.94. The molecular formula is C19H21N5O3S. The number of nitrogens with two attached hydrogens (primary N) is 1. The molecule has 0 spiro atoms. The van der Waals surface area contributed by atoms with E-state index in [0.29, 0.717) is 23.2 Å². The van der Waals surface area contributed by atoms with Crippen LogP contribution in [0.15, 0.2) is 46.4 Å². The second-order valence-corrected chi connectivity index (χ2v) is 8.99. The molecule has 0 bridgehead atoms. The van der Waals surface area contributed by atoms with E-state index >= 15 is 0 Å². The lowest BCUT2D eigenvalue weighted by Gasteiger charge is -2.28. The Morgan fingerprint density at radius 3 is 2.71 bits per heavy atom. The summed E-state index contributed by atoms with van der Waals surface area (Å²) in [6.45, 7) is 0.417. The Morgan fingerprint density at radius 1 is 1.25 bits per heavy atom. The first-order valence-corrected chi connectivity index (χ1v) is 10.9. The molecule has 0 amide bonds. The molecular weight excluding hydrogens is 378 g/mol. The molecule has 0 unspecified atom stereocenters. The number of aromatic nitrogens is 3. The Balaban J connectivity index is 1.77. The van der Waals surface area contributed by atoms with Gasteiger partial charge in [-0.25, -0.2) is 18.4 Å². The fourth-order valence-corrected chi connectivity index (χ4v) is 3.96. The summed E-state index contributed by atoms with van der Waals surface area (Å²) in [5.74, 6) is 1.06. The minimum absolute atomic E-state index is 0.157. The van der Waals surface area contributed by atoms with Crippen LogP contribution >= 0.6 is 0 Å². The molecule has 9 heteroatoms. The Morgan fingerprint density at radius 2 is 2.07 bits per heavy atom. The van der Waals surface area contributed by atoms with Crippen LogP contribution in [0.25, 0.3) is 11.1 Å². The fraction of sp³-hybridized carbons (Fsp3) is 0.316. The van der Waals surface area contributed by atoms with Gasteiger partial charge in [-0.2, -0.15) is 4.98 Å². The molecule has 1 aliphatic carbocycles. The van der Waals surface area contributed by atoms with Gasteiger partial charge in [0.25, 0.3) is 0 Å². The van der Waals surface area contributed by atoms with Crippen molar-refractivity contribution < 1.29 is 12.8 Å². The maximum atomic E-state index is 12.0. The van der Waals surface area contributed by atoms with Crippen molar-refractivity contribution in [1.29, 1.82) is 0 Å². The maximum Gasteiger partial charge on any atom is 0.221 e. The molecule has 4 rings (SSSR count). The van der Waals surface area contributed by atoms with E-state index in [1.807, 2.05) is 6.07 Å². The zero-order chi connectivity index (χ0) is 19.7. The lowest BCUT2D eigenvalue weighted by molar-refractivity contribution is 0.420. The highest BCUT2D eigenvalue weighted by Crippen LogP contribution is 2.43. The first kappa shape index (κ1) is 18.4. The van der Waals surface area contributed by atoms with Gasteiger partial charge in [0.2, 0.25) is 5.95 Å². The molecule has 0 atom stereocenters. The third-order valence-electron chi connectivity index (χ3n) is 5.01. The molecule has 1 aliphatic rings. The van der Waals surface area contributed by atoms with Crippen LogP contribution in [-0.2, 0) is 16.4 Å². The first-order valence-electron chi connectivity index (χ1n) is 8.99. The van der Waals surface area contributed by atoms with Gasteiger partial charge in [0.05, 0.1) is 17.1 Å². The standard InChI is InChI=1S/C19H21N5O3S/c1-28(25,26)14-5-6-15(16(7-14)12-3-2-4-12)17-9-22-19(20)24-18(17)21-8-13-10-27-11-23-13/h5-7,9-12H,2-4,8H2,1H3,(H3,20,21,22,24).